The number of aldehydes is 1. The molecule has 1 aromatic carbocycles. The monoisotopic (exact) mass is 266 g/mol. The molecule has 0 radical (unpaired) electrons. The molecule has 1 nitrogen and oxygen atoms in total. The van der Waals surface area contributed by atoms with E-state index < -0.39 is 0 Å². The number of hydrogen-bond donors (Lipinski definition) is 0. The van der Waals surface area contributed by atoms with Crippen LogP contribution in [0.4, 0.5) is 0 Å². The average molecular weight is 267 g/mol. The fourth-order valence-electron chi connectivity index (χ4n) is 1.32. The maximum absolute atomic E-state index is 10.8. The third kappa shape index (κ3) is 1.65. The van der Waals surface area contributed by atoms with E-state index in [-0.39, 0.29) is 0 Å². The Bertz CT molecular complexity index is 448. The topological polar surface area (TPSA) is 17.1 Å². The lowest BCUT2D eigenvalue weighted by atomic mass is 10.1. The van der Waals surface area contributed by atoms with Crippen molar-refractivity contribution >= 4 is 33.6 Å². The number of benzene rings is 1. The Morgan fingerprint density at radius 3 is 2.57 bits per heavy atom. The van der Waals surface area contributed by atoms with Gasteiger partial charge < -0.3 is 0 Å². The molecule has 0 saturated heterocycles. The van der Waals surface area contributed by atoms with Gasteiger partial charge in [-0.2, -0.15) is 0 Å². The van der Waals surface area contributed by atoms with Crippen molar-refractivity contribution in [1.82, 2.24) is 0 Å². The van der Waals surface area contributed by atoms with Crippen LogP contribution in [-0.4, -0.2) is 6.29 Å². The predicted octanol–water partition coefficient (Wildman–Crippen LogP) is 3.99. The van der Waals surface area contributed by atoms with E-state index in [1.165, 1.54) is 11.3 Å². The van der Waals surface area contributed by atoms with E-state index in [1.807, 2.05) is 35.7 Å². The molecule has 3 heteroatoms. The van der Waals surface area contributed by atoms with Gasteiger partial charge in [0.2, 0.25) is 0 Å². The summed E-state index contributed by atoms with van der Waals surface area (Å²) in [4.78, 5) is 10.8. The lowest BCUT2D eigenvalue weighted by Gasteiger charge is -1.99. The van der Waals surface area contributed by atoms with E-state index in [1.54, 1.807) is 0 Å². The van der Waals surface area contributed by atoms with Crippen LogP contribution in [0.2, 0.25) is 0 Å². The van der Waals surface area contributed by atoms with Gasteiger partial charge in [-0.25, -0.2) is 0 Å². The van der Waals surface area contributed by atoms with E-state index in [2.05, 4.69) is 15.9 Å². The van der Waals surface area contributed by atoms with E-state index in [4.69, 9.17) is 0 Å². The molecule has 1 aromatic heterocycles. The van der Waals surface area contributed by atoms with E-state index in [9.17, 15) is 4.79 Å². The van der Waals surface area contributed by atoms with Gasteiger partial charge in [0.25, 0.3) is 0 Å². The summed E-state index contributed by atoms with van der Waals surface area (Å²) >= 11 is 4.99. The van der Waals surface area contributed by atoms with Crippen molar-refractivity contribution in [3.05, 3.63) is 45.1 Å². The second-order valence-corrected chi connectivity index (χ2v) is 5.02. The van der Waals surface area contributed by atoms with Crippen LogP contribution in [0.25, 0.3) is 11.1 Å². The van der Waals surface area contributed by atoms with E-state index >= 15 is 0 Å². The van der Waals surface area contributed by atoms with Gasteiger partial charge in [-0.1, -0.05) is 30.3 Å². The van der Waals surface area contributed by atoms with Gasteiger partial charge in [-0.3, -0.25) is 4.79 Å². The minimum absolute atomic E-state index is 0.744. The van der Waals surface area contributed by atoms with Gasteiger partial charge in [-0.05, 0) is 21.5 Å². The summed E-state index contributed by atoms with van der Waals surface area (Å²) in [6, 6.07) is 9.89. The molecule has 0 N–H and O–H groups in total. The van der Waals surface area contributed by atoms with Crippen LogP contribution in [-0.2, 0) is 0 Å². The molecule has 0 aliphatic heterocycles. The number of carbonyl (C=O) groups excluding carboxylic acids is 1. The average Bonchev–Trinajstić information content (AvgIpc) is 2.61. The third-order valence-corrected chi connectivity index (χ3v) is 3.70. The minimum atomic E-state index is 0.744. The fraction of sp³-hybridized carbons (Fsp3) is 0. The molecule has 0 spiro atoms. The molecule has 1 heterocycles. The molecular formula is C11H7BrOS. The number of thiophene rings is 1. The number of halogens is 1. The highest BCUT2D eigenvalue weighted by Gasteiger charge is 2.10. The first-order chi connectivity index (χ1) is 6.83. The summed E-state index contributed by atoms with van der Waals surface area (Å²) in [7, 11) is 0. The Kier molecular flexibility index (Phi) is 2.79. The first kappa shape index (κ1) is 9.62. The molecule has 0 fully saturated rings. The molecule has 0 aliphatic carbocycles. The van der Waals surface area contributed by atoms with Crippen molar-refractivity contribution in [1.29, 1.82) is 0 Å². The Morgan fingerprint density at radius 2 is 1.93 bits per heavy atom. The summed E-state index contributed by atoms with van der Waals surface area (Å²) < 4.78 is 1.01. The molecule has 2 rings (SSSR count). The standard InChI is InChI=1S/C11H7BrOS/c12-11-10(9(6-13)7-14-11)8-4-2-1-3-5-8/h1-7H. The lowest BCUT2D eigenvalue weighted by Crippen LogP contribution is -1.81. The maximum Gasteiger partial charge on any atom is 0.151 e. The highest BCUT2D eigenvalue weighted by molar-refractivity contribution is 9.11. The highest BCUT2D eigenvalue weighted by Crippen LogP contribution is 2.35. The Morgan fingerprint density at radius 1 is 1.21 bits per heavy atom. The Labute approximate surface area is 94.5 Å². The first-order valence-corrected chi connectivity index (χ1v) is 5.78. The molecule has 0 saturated carbocycles. The number of rotatable bonds is 2. The normalized spacial score (nSPS) is 10.1. The van der Waals surface area contributed by atoms with Crippen molar-refractivity contribution in [2.45, 2.75) is 0 Å². The SMILES string of the molecule is O=Cc1csc(Br)c1-c1ccccc1. The Hall–Kier alpha value is -0.930. The van der Waals surface area contributed by atoms with Crippen LogP contribution in [0.3, 0.4) is 0 Å². The highest BCUT2D eigenvalue weighted by atomic mass is 79.9. The quantitative estimate of drug-likeness (QED) is 0.752. The van der Waals surface area contributed by atoms with Crippen LogP contribution >= 0.6 is 27.3 Å². The van der Waals surface area contributed by atoms with Crippen LogP contribution < -0.4 is 0 Å². The van der Waals surface area contributed by atoms with Crippen molar-refractivity contribution in [3.8, 4) is 11.1 Å². The van der Waals surface area contributed by atoms with Gasteiger partial charge >= 0.3 is 0 Å². The van der Waals surface area contributed by atoms with Crippen molar-refractivity contribution in [3.63, 3.8) is 0 Å². The van der Waals surface area contributed by atoms with Crippen LogP contribution in [0.15, 0.2) is 39.5 Å². The molecule has 0 unspecified atom stereocenters. The van der Waals surface area contributed by atoms with Crippen molar-refractivity contribution < 1.29 is 4.79 Å². The fourth-order valence-corrected chi connectivity index (χ4v) is 2.81. The molecule has 70 valence electrons. The molecule has 0 bridgehead atoms. The van der Waals surface area contributed by atoms with Gasteiger partial charge in [-0.15, -0.1) is 11.3 Å². The van der Waals surface area contributed by atoms with Crippen LogP contribution in [0.5, 0.6) is 0 Å². The van der Waals surface area contributed by atoms with Gasteiger partial charge in [0.1, 0.15) is 0 Å². The second-order valence-electron chi connectivity index (χ2n) is 2.82. The van der Waals surface area contributed by atoms with Crippen molar-refractivity contribution in [2.75, 3.05) is 0 Å². The molecule has 0 amide bonds. The number of hydrogen-bond acceptors (Lipinski definition) is 2. The third-order valence-electron chi connectivity index (χ3n) is 1.96. The summed E-state index contributed by atoms with van der Waals surface area (Å²) in [5.41, 5.74) is 2.81. The molecule has 0 atom stereocenters. The van der Waals surface area contributed by atoms with E-state index in [0.29, 0.717) is 0 Å². The zero-order chi connectivity index (χ0) is 9.97. The first-order valence-electron chi connectivity index (χ1n) is 4.10. The largest absolute Gasteiger partial charge is 0.298 e. The lowest BCUT2D eigenvalue weighted by molar-refractivity contribution is 0.112. The smallest absolute Gasteiger partial charge is 0.151 e. The zero-order valence-corrected chi connectivity index (χ0v) is 9.64. The molecular weight excluding hydrogens is 260 g/mol. The second kappa shape index (κ2) is 4.07. The summed E-state index contributed by atoms with van der Waals surface area (Å²) in [6.45, 7) is 0. The minimum Gasteiger partial charge on any atom is -0.298 e. The molecule has 2 aromatic rings. The van der Waals surface area contributed by atoms with Crippen LogP contribution in [0.1, 0.15) is 10.4 Å². The van der Waals surface area contributed by atoms with E-state index in [0.717, 1.165) is 26.8 Å². The van der Waals surface area contributed by atoms with Gasteiger partial charge in [0.15, 0.2) is 6.29 Å². The maximum atomic E-state index is 10.8. The Balaban J connectivity index is 2.61. The zero-order valence-electron chi connectivity index (χ0n) is 7.24. The molecule has 14 heavy (non-hydrogen) atoms. The summed E-state index contributed by atoms with van der Waals surface area (Å²) in [5, 5.41) is 1.86. The molecule has 0 aliphatic rings. The summed E-state index contributed by atoms with van der Waals surface area (Å²) in [6.07, 6.45) is 0.892. The predicted molar refractivity (Wildman–Crippen MR) is 62.8 cm³/mol. The van der Waals surface area contributed by atoms with Crippen molar-refractivity contribution in [2.24, 2.45) is 0 Å². The summed E-state index contributed by atoms with van der Waals surface area (Å²) in [5.74, 6) is 0. The van der Waals surface area contributed by atoms with Gasteiger partial charge in [0.05, 0.1) is 3.79 Å². The number of carbonyl (C=O) groups is 1. The van der Waals surface area contributed by atoms with Gasteiger partial charge in [0, 0.05) is 16.5 Å². The van der Waals surface area contributed by atoms with Crippen LogP contribution in [0, 0.1) is 0 Å².